The van der Waals surface area contributed by atoms with Crippen molar-refractivity contribution in [3.63, 3.8) is 0 Å². The van der Waals surface area contributed by atoms with Crippen LogP contribution in [0.5, 0.6) is 0 Å². The molecule has 4 nitrogen and oxygen atoms in total. The summed E-state index contributed by atoms with van der Waals surface area (Å²) < 4.78 is 0. The van der Waals surface area contributed by atoms with Gasteiger partial charge in [0.2, 0.25) is 0 Å². The number of rotatable bonds is 4. The molecule has 1 atom stereocenters. The molecule has 0 aliphatic rings. The van der Waals surface area contributed by atoms with Crippen molar-refractivity contribution in [2.45, 2.75) is 12.5 Å². The topological polar surface area (TPSA) is 65.1 Å². The summed E-state index contributed by atoms with van der Waals surface area (Å²) in [6.07, 6.45) is 0. The van der Waals surface area contributed by atoms with E-state index in [0.717, 1.165) is 16.5 Å². The molecule has 0 saturated carbocycles. The van der Waals surface area contributed by atoms with Crippen LogP contribution in [0, 0.1) is 0 Å². The minimum Gasteiger partial charge on any atom is -0.384 e. The Balaban J connectivity index is 1.73. The Morgan fingerprint density at radius 1 is 1.41 bits per heavy atom. The lowest BCUT2D eigenvalue weighted by Gasteiger charge is -2.22. The van der Waals surface area contributed by atoms with Gasteiger partial charge in [-0.05, 0) is 53.6 Å². The van der Waals surface area contributed by atoms with E-state index < -0.39 is 5.60 Å². The number of carbonyl (C=O) groups excluding carboxylic acids is 1. The molecule has 6 heteroatoms. The van der Waals surface area contributed by atoms with E-state index in [2.05, 4.69) is 10.3 Å². The van der Waals surface area contributed by atoms with Gasteiger partial charge < -0.3 is 15.4 Å². The molecule has 0 fully saturated rings. The molecule has 3 aromatic rings. The SMILES string of the molecule is CC(O)(CNC(=O)c1cc2cc(Cl)ccc2[nH]1)c1ccsc1. The van der Waals surface area contributed by atoms with E-state index >= 15 is 0 Å². The van der Waals surface area contributed by atoms with Gasteiger partial charge in [0.1, 0.15) is 11.3 Å². The molecule has 0 radical (unpaired) electrons. The molecule has 1 unspecified atom stereocenters. The van der Waals surface area contributed by atoms with E-state index in [-0.39, 0.29) is 12.5 Å². The van der Waals surface area contributed by atoms with Crippen LogP contribution >= 0.6 is 22.9 Å². The van der Waals surface area contributed by atoms with Crippen LogP contribution in [0.2, 0.25) is 5.02 Å². The minimum atomic E-state index is -1.09. The molecule has 3 N–H and O–H groups in total. The Hall–Kier alpha value is -1.82. The molecule has 0 bridgehead atoms. The second-order valence-corrected chi connectivity index (χ2v) is 6.60. The lowest BCUT2D eigenvalue weighted by molar-refractivity contribution is 0.0529. The lowest BCUT2D eigenvalue weighted by Crippen LogP contribution is -2.38. The summed E-state index contributed by atoms with van der Waals surface area (Å²) in [5.74, 6) is -0.261. The Bertz CT molecular complexity index is 809. The largest absolute Gasteiger partial charge is 0.384 e. The Labute approximate surface area is 136 Å². The lowest BCUT2D eigenvalue weighted by atomic mass is 9.99. The number of nitrogens with one attached hydrogen (secondary N) is 2. The molecule has 114 valence electrons. The minimum absolute atomic E-state index is 0.138. The Morgan fingerprint density at radius 3 is 2.95 bits per heavy atom. The Morgan fingerprint density at radius 2 is 2.23 bits per heavy atom. The van der Waals surface area contributed by atoms with Gasteiger partial charge in [-0.15, -0.1) is 0 Å². The summed E-state index contributed by atoms with van der Waals surface area (Å²) in [6.45, 7) is 1.82. The maximum Gasteiger partial charge on any atom is 0.267 e. The third-order valence-electron chi connectivity index (χ3n) is 3.56. The number of aliphatic hydroxyl groups is 1. The van der Waals surface area contributed by atoms with Gasteiger partial charge in [0.15, 0.2) is 0 Å². The average molecular weight is 335 g/mol. The molecule has 0 spiro atoms. The number of benzene rings is 1. The van der Waals surface area contributed by atoms with E-state index in [1.807, 2.05) is 22.9 Å². The van der Waals surface area contributed by atoms with Crippen molar-refractivity contribution in [1.29, 1.82) is 0 Å². The zero-order chi connectivity index (χ0) is 15.7. The summed E-state index contributed by atoms with van der Waals surface area (Å²) in [7, 11) is 0. The fourth-order valence-electron chi connectivity index (χ4n) is 2.25. The number of H-pyrrole nitrogens is 1. The second-order valence-electron chi connectivity index (χ2n) is 5.38. The zero-order valence-corrected chi connectivity index (χ0v) is 13.5. The number of thiophene rings is 1. The monoisotopic (exact) mass is 334 g/mol. The number of aromatic amines is 1. The third-order valence-corrected chi connectivity index (χ3v) is 4.48. The van der Waals surface area contributed by atoms with Crippen molar-refractivity contribution in [3.8, 4) is 0 Å². The first kappa shape index (κ1) is 15.1. The van der Waals surface area contributed by atoms with Crippen molar-refractivity contribution < 1.29 is 9.90 Å². The highest BCUT2D eigenvalue weighted by atomic mass is 35.5. The van der Waals surface area contributed by atoms with Crippen LogP contribution in [-0.4, -0.2) is 22.5 Å². The summed E-state index contributed by atoms with van der Waals surface area (Å²) in [5.41, 5.74) is 0.990. The standard InChI is InChI=1S/C16H15ClN2O2S/c1-16(21,11-4-5-22-8-11)9-18-15(20)14-7-10-6-12(17)2-3-13(10)19-14/h2-8,19,21H,9H2,1H3,(H,18,20). The highest BCUT2D eigenvalue weighted by Crippen LogP contribution is 2.23. The first-order chi connectivity index (χ1) is 10.5. The van der Waals surface area contributed by atoms with E-state index in [1.165, 1.54) is 11.3 Å². The summed E-state index contributed by atoms with van der Waals surface area (Å²) >= 11 is 7.45. The van der Waals surface area contributed by atoms with E-state index in [0.29, 0.717) is 10.7 Å². The van der Waals surface area contributed by atoms with Gasteiger partial charge in [-0.3, -0.25) is 4.79 Å². The van der Waals surface area contributed by atoms with Crippen molar-refractivity contribution >= 4 is 39.7 Å². The maximum absolute atomic E-state index is 12.2. The number of fused-ring (bicyclic) bond motifs is 1. The van der Waals surface area contributed by atoms with Crippen LogP contribution in [0.4, 0.5) is 0 Å². The molecule has 2 heterocycles. The van der Waals surface area contributed by atoms with Crippen molar-refractivity contribution in [3.05, 3.63) is 57.4 Å². The quantitative estimate of drug-likeness (QED) is 0.683. The van der Waals surface area contributed by atoms with Crippen LogP contribution in [0.3, 0.4) is 0 Å². The van der Waals surface area contributed by atoms with E-state index in [1.54, 1.807) is 25.1 Å². The van der Waals surface area contributed by atoms with Crippen molar-refractivity contribution in [1.82, 2.24) is 10.3 Å². The molecule has 22 heavy (non-hydrogen) atoms. The molecule has 0 saturated heterocycles. The normalized spacial score (nSPS) is 14.0. The molecular weight excluding hydrogens is 320 g/mol. The predicted octanol–water partition coefficient (Wildman–Crippen LogP) is 3.52. The molecule has 1 aromatic carbocycles. The summed E-state index contributed by atoms with van der Waals surface area (Å²) in [4.78, 5) is 15.3. The first-order valence-corrected chi connectivity index (χ1v) is 8.09. The van der Waals surface area contributed by atoms with Crippen LogP contribution in [0.25, 0.3) is 10.9 Å². The van der Waals surface area contributed by atoms with Gasteiger partial charge in [-0.25, -0.2) is 0 Å². The zero-order valence-electron chi connectivity index (χ0n) is 11.9. The van der Waals surface area contributed by atoms with Gasteiger partial charge in [0.05, 0.1) is 6.54 Å². The van der Waals surface area contributed by atoms with Gasteiger partial charge in [-0.1, -0.05) is 11.6 Å². The number of aromatic nitrogens is 1. The van der Waals surface area contributed by atoms with Gasteiger partial charge >= 0.3 is 0 Å². The second kappa shape index (κ2) is 5.76. The summed E-state index contributed by atoms with van der Waals surface area (Å²) in [5, 5.41) is 18.4. The molecule has 0 aliphatic heterocycles. The summed E-state index contributed by atoms with van der Waals surface area (Å²) in [6, 6.07) is 8.99. The van der Waals surface area contributed by atoms with Crippen LogP contribution < -0.4 is 5.32 Å². The first-order valence-electron chi connectivity index (χ1n) is 6.77. The highest BCUT2D eigenvalue weighted by Gasteiger charge is 2.24. The fourth-order valence-corrected chi connectivity index (χ4v) is 3.21. The highest BCUT2D eigenvalue weighted by molar-refractivity contribution is 7.08. The van der Waals surface area contributed by atoms with Crippen LogP contribution in [-0.2, 0) is 5.60 Å². The smallest absolute Gasteiger partial charge is 0.267 e. The van der Waals surface area contributed by atoms with Gasteiger partial charge in [-0.2, -0.15) is 11.3 Å². The molecule has 3 rings (SSSR count). The van der Waals surface area contributed by atoms with Gasteiger partial charge in [0.25, 0.3) is 5.91 Å². The number of hydrogen-bond donors (Lipinski definition) is 3. The average Bonchev–Trinajstić information content (AvgIpc) is 3.13. The maximum atomic E-state index is 12.2. The molecule has 1 amide bonds. The number of carbonyl (C=O) groups is 1. The molecule has 0 aliphatic carbocycles. The number of hydrogen-bond acceptors (Lipinski definition) is 3. The molecule has 2 aromatic heterocycles. The third kappa shape index (κ3) is 3.02. The number of amides is 1. The van der Waals surface area contributed by atoms with Crippen LogP contribution in [0.1, 0.15) is 23.0 Å². The number of halogens is 1. The van der Waals surface area contributed by atoms with E-state index in [4.69, 9.17) is 11.6 Å². The molecular formula is C16H15ClN2O2S. The van der Waals surface area contributed by atoms with Crippen molar-refractivity contribution in [2.75, 3.05) is 6.54 Å². The van der Waals surface area contributed by atoms with Crippen molar-refractivity contribution in [2.24, 2.45) is 0 Å². The van der Waals surface area contributed by atoms with E-state index in [9.17, 15) is 9.90 Å². The predicted molar refractivity (Wildman–Crippen MR) is 89.5 cm³/mol. The van der Waals surface area contributed by atoms with Gasteiger partial charge in [0, 0.05) is 15.9 Å². The van der Waals surface area contributed by atoms with Crippen LogP contribution in [0.15, 0.2) is 41.1 Å². The fraction of sp³-hybridized carbons (Fsp3) is 0.188. The Kier molecular flexibility index (Phi) is 3.95.